The van der Waals surface area contributed by atoms with E-state index in [0.29, 0.717) is 6.04 Å². The van der Waals surface area contributed by atoms with Crippen LogP contribution in [0.25, 0.3) is 11.1 Å². The van der Waals surface area contributed by atoms with Crippen LogP contribution in [0.2, 0.25) is 0 Å². The molecular formula is C19H25NO. The van der Waals surface area contributed by atoms with E-state index in [1.165, 1.54) is 11.1 Å². The Hall–Kier alpha value is -1.80. The molecule has 2 rings (SSSR count). The fraction of sp³-hybridized carbons (Fsp3) is 0.368. The molecule has 0 aliphatic heterocycles. The molecule has 0 amide bonds. The van der Waals surface area contributed by atoms with Crippen LogP contribution < -0.4 is 10.1 Å². The summed E-state index contributed by atoms with van der Waals surface area (Å²) in [6, 6.07) is 17.3. The smallest absolute Gasteiger partial charge is 0.126 e. The minimum atomic E-state index is 0.416. The fourth-order valence-electron chi connectivity index (χ4n) is 2.62. The van der Waals surface area contributed by atoms with E-state index in [9.17, 15) is 0 Å². The standard InChI is InChI=1S/C19H25NO/c1-4-13-20-18(5-2)16-10-8-9-15(14-16)17-11-6-7-12-19(17)21-3/h6-12,14,18,20H,4-5,13H2,1-3H3. The van der Waals surface area contributed by atoms with E-state index in [1.807, 2.05) is 12.1 Å². The first kappa shape index (κ1) is 15.6. The van der Waals surface area contributed by atoms with Gasteiger partial charge in [-0.2, -0.15) is 0 Å². The van der Waals surface area contributed by atoms with Crippen molar-refractivity contribution in [3.05, 3.63) is 54.1 Å². The van der Waals surface area contributed by atoms with Crippen LogP contribution in [-0.2, 0) is 0 Å². The van der Waals surface area contributed by atoms with Crippen LogP contribution in [-0.4, -0.2) is 13.7 Å². The van der Waals surface area contributed by atoms with Crippen LogP contribution in [0.4, 0.5) is 0 Å². The number of ether oxygens (including phenoxy) is 1. The number of hydrogen-bond acceptors (Lipinski definition) is 2. The van der Waals surface area contributed by atoms with Crippen LogP contribution in [0.3, 0.4) is 0 Å². The molecule has 21 heavy (non-hydrogen) atoms. The number of methoxy groups -OCH3 is 1. The summed E-state index contributed by atoms with van der Waals surface area (Å²) >= 11 is 0. The van der Waals surface area contributed by atoms with Crippen molar-refractivity contribution in [3.63, 3.8) is 0 Å². The topological polar surface area (TPSA) is 21.3 Å². The second-order valence-corrected chi connectivity index (χ2v) is 5.24. The molecular weight excluding hydrogens is 258 g/mol. The van der Waals surface area contributed by atoms with Crippen LogP contribution >= 0.6 is 0 Å². The van der Waals surface area contributed by atoms with E-state index in [1.54, 1.807) is 7.11 Å². The average molecular weight is 283 g/mol. The Morgan fingerprint density at radius 1 is 1.05 bits per heavy atom. The van der Waals surface area contributed by atoms with Crippen molar-refractivity contribution in [2.45, 2.75) is 32.7 Å². The summed E-state index contributed by atoms with van der Waals surface area (Å²) in [5.74, 6) is 0.921. The molecule has 2 nitrogen and oxygen atoms in total. The van der Waals surface area contributed by atoms with Crippen LogP contribution in [0, 0.1) is 0 Å². The normalized spacial score (nSPS) is 12.1. The third-order valence-electron chi connectivity index (χ3n) is 3.76. The first-order valence-corrected chi connectivity index (χ1v) is 7.76. The molecule has 0 aliphatic rings. The Morgan fingerprint density at radius 3 is 2.57 bits per heavy atom. The molecule has 2 heteroatoms. The summed E-state index contributed by atoms with van der Waals surface area (Å²) in [7, 11) is 1.72. The second-order valence-electron chi connectivity index (χ2n) is 5.24. The molecule has 1 atom stereocenters. The third kappa shape index (κ3) is 3.85. The molecule has 0 aromatic heterocycles. The van der Waals surface area contributed by atoms with Gasteiger partial charge in [0, 0.05) is 11.6 Å². The Balaban J connectivity index is 2.32. The first-order chi connectivity index (χ1) is 10.3. The summed E-state index contributed by atoms with van der Waals surface area (Å²) in [6.07, 6.45) is 2.25. The minimum Gasteiger partial charge on any atom is -0.496 e. The lowest BCUT2D eigenvalue weighted by Gasteiger charge is -2.18. The lowest BCUT2D eigenvalue weighted by atomic mass is 9.97. The van der Waals surface area contributed by atoms with Crippen molar-refractivity contribution in [2.75, 3.05) is 13.7 Å². The van der Waals surface area contributed by atoms with Gasteiger partial charge in [-0.1, -0.05) is 50.2 Å². The quantitative estimate of drug-likeness (QED) is 0.787. The largest absolute Gasteiger partial charge is 0.496 e. The average Bonchev–Trinajstić information content (AvgIpc) is 2.56. The van der Waals surface area contributed by atoms with Crippen molar-refractivity contribution in [1.82, 2.24) is 5.32 Å². The predicted octanol–water partition coefficient (Wildman–Crippen LogP) is 4.81. The molecule has 0 saturated heterocycles. The Morgan fingerprint density at radius 2 is 1.86 bits per heavy atom. The number of para-hydroxylation sites is 1. The van der Waals surface area contributed by atoms with Crippen molar-refractivity contribution in [1.29, 1.82) is 0 Å². The Kier molecular flexibility index (Phi) is 5.82. The van der Waals surface area contributed by atoms with Crippen molar-refractivity contribution in [3.8, 4) is 16.9 Å². The monoisotopic (exact) mass is 283 g/mol. The highest BCUT2D eigenvalue weighted by Crippen LogP contribution is 2.31. The minimum absolute atomic E-state index is 0.416. The van der Waals surface area contributed by atoms with Crippen LogP contribution in [0.1, 0.15) is 38.3 Å². The molecule has 0 heterocycles. The summed E-state index contributed by atoms with van der Waals surface area (Å²) < 4.78 is 5.48. The van der Waals surface area contributed by atoms with E-state index >= 15 is 0 Å². The van der Waals surface area contributed by atoms with Crippen molar-refractivity contribution >= 4 is 0 Å². The molecule has 0 bridgehead atoms. The lowest BCUT2D eigenvalue weighted by molar-refractivity contribution is 0.416. The molecule has 2 aromatic carbocycles. The molecule has 1 unspecified atom stereocenters. The zero-order valence-electron chi connectivity index (χ0n) is 13.2. The van der Waals surface area contributed by atoms with Crippen molar-refractivity contribution in [2.24, 2.45) is 0 Å². The maximum absolute atomic E-state index is 5.48. The van der Waals surface area contributed by atoms with Gasteiger partial charge in [0.1, 0.15) is 5.75 Å². The van der Waals surface area contributed by atoms with Gasteiger partial charge < -0.3 is 10.1 Å². The highest BCUT2D eigenvalue weighted by molar-refractivity contribution is 5.71. The number of nitrogens with one attached hydrogen (secondary N) is 1. The predicted molar refractivity (Wildman–Crippen MR) is 89.8 cm³/mol. The Labute approximate surface area is 128 Å². The molecule has 0 radical (unpaired) electrons. The van der Waals surface area contributed by atoms with E-state index < -0.39 is 0 Å². The maximum Gasteiger partial charge on any atom is 0.126 e. The molecule has 0 fully saturated rings. The summed E-state index contributed by atoms with van der Waals surface area (Å²) in [6.45, 7) is 5.48. The number of rotatable bonds is 7. The Bertz CT molecular complexity index is 565. The van der Waals surface area contributed by atoms with Gasteiger partial charge in [-0.05, 0) is 42.6 Å². The SMILES string of the molecule is CCCNC(CC)c1cccc(-c2ccccc2OC)c1. The van der Waals surface area contributed by atoms with Crippen molar-refractivity contribution < 1.29 is 4.74 Å². The zero-order valence-corrected chi connectivity index (χ0v) is 13.2. The van der Waals surface area contributed by atoms with E-state index in [4.69, 9.17) is 4.74 Å². The first-order valence-electron chi connectivity index (χ1n) is 7.76. The van der Waals surface area contributed by atoms with Crippen LogP contribution in [0.15, 0.2) is 48.5 Å². The van der Waals surface area contributed by atoms with Gasteiger partial charge >= 0.3 is 0 Å². The lowest BCUT2D eigenvalue weighted by Crippen LogP contribution is -2.21. The van der Waals surface area contributed by atoms with Crippen LogP contribution in [0.5, 0.6) is 5.75 Å². The number of benzene rings is 2. The fourth-order valence-corrected chi connectivity index (χ4v) is 2.62. The van der Waals surface area contributed by atoms with E-state index in [-0.39, 0.29) is 0 Å². The second kappa shape index (κ2) is 7.84. The van der Waals surface area contributed by atoms with Gasteiger partial charge in [-0.3, -0.25) is 0 Å². The van der Waals surface area contributed by atoms with Gasteiger partial charge in [0.2, 0.25) is 0 Å². The highest BCUT2D eigenvalue weighted by Gasteiger charge is 2.10. The number of hydrogen-bond donors (Lipinski definition) is 1. The zero-order chi connectivity index (χ0) is 15.1. The molecule has 112 valence electrons. The van der Waals surface area contributed by atoms with Gasteiger partial charge in [0.15, 0.2) is 0 Å². The van der Waals surface area contributed by atoms with Gasteiger partial charge in [0.25, 0.3) is 0 Å². The molecule has 0 saturated carbocycles. The molecule has 2 aromatic rings. The summed E-state index contributed by atoms with van der Waals surface area (Å²) in [4.78, 5) is 0. The molecule has 0 spiro atoms. The summed E-state index contributed by atoms with van der Waals surface area (Å²) in [5.41, 5.74) is 3.70. The third-order valence-corrected chi connectivity index (χ3v) is 3.76. The molecule has 1 N–H and O–H groups in total. The molecule has 0 aliphatic carbocycles. The highest BCUT2D eigenvalue weighted by atomic mass is 16.5. The van der Waals surface area contributed by atoms with E-state index in [0.717, 1.165) is 30.7 Å². The maximum atomic E-state index is 5.48. The van der Waals surface area contributed by atoms with Gasteiger partial charge in [0.05, 0.1) is 7.11 Å². The van der Waals surface area contributed by atoms with E-state index in [2.05, 4.69) is 55.6 Å². The van der Waals surface area contributed by atoms with Gasteiger partial charge in [-0.25, -0.2) is 0 Å². The summed E-state index contributed by atoms with van der Waals surface area (Å²) in [5, 5.41) is 3.61. The van der Waals surface area contributed by atoms with Gasteiger partial charge in [-0.15, -0.1) is 0 Å².